The highest BCUT2D eigenvalue weighted by Crippen LogP contribution is 2.42. The van der Waals surface area contributed by atoms with Crippen LogP contribution in [0, 0.1) is 13.8 Å². The van der Waals surface area contributed by atoms with Crippen molar-refractivity contribution < 1.29 is 49.5 Å². The Labute approximate surface area is 214 Å². The Hall–Kier alpha value is -3.10. The van der Waals surface area contributed by atoms with E-state index in [0.29, 0.717) is 17.7 Å². The zero-order valence-electron chi connectivity index (χ0n) is 18.5. The molecule has 3 aromatic rings. The number of benzene rings is 2. The van der Waals surface area contributed by atoms with Gasteiger partial charge in [0.25, 0.3) is 15.8 Å². The number of halogens is 7. The number of nitrogens with one attached hydrogen (secondary N) is 1. The topological polar surface area (TPSA) is 101 Å². The fourth-order valence-corrected chi connectivity index (χ4v) is 5.91. The number of anilines is 1. The standard InChI is InChI=1S/C22H14ClF6NO5S2/c1-9-4-17(10(2)3-14(9)23)37(34,35)30-15-8-16(36-19(15)18(31)20(32)33)11-5-12(21(24,25)26)7-13(6-11)22(27,28)29/h3-8,30H,1-2H3,(H,32,33). The number of aryl methyl sites for hydroxylation is 2. The summed E-state index contributed by atoms with van der Waals surface area (Å²) >= 11 is 6.20. The fraction of sp³-hybridized carbons (Fsp3) is 0.182. The molecule has 0 bridgehead atoms. The lowest BCUT2D eigenvalue weighted by Gasteiger charge is -2.13. The molecule has 37 heavy (non-hydrogen) atoms. The number of sulfonamides is 1. The molecular formula is C22H14ClF6NO5S2. The third-order valence-electron chi connectivity index (χ3n) is 4.99. The van der Waals surface area contributed by atoms with Crippen molar-refractivity contribution >= 4 is 50.4 Å². The van der Waals surface area contributed by atoms with Gasteiger partial charge in [0, 0.05) is 9.90 Å². The van der Waals surface area contributed by atoms with Crippen LogP contribution in [0.15, 0.2) is 41.3 Å². The lowest BCUT2D eigenvalue weighted by molar-refractivity contribution is -0.143. The highest BCUT2D eigenvalue weighted by atomic mass is 35.5. The Morgan fingerprint density at radius 1 is 0.892 bits per heavy atom. The molecule has 0 saturated heterocycles. The van der Waals surface area contributed by atoms with Crippen LogP contribution in [-0.2, 0) is 27.2 Å². The summed E-state index contributed by atoms with van der Waals surface area (Å²) in [6.45, 7) is 2.91. The number of Topliss-reactive ketones (excluding diaryl/α,β-unsaturated/α-hetero) is 1. The summed E-state index contributed by atoms with van der Waals surface area (Å²) in [6.07, 6.45) is -10.3. The number of rotatable bonds is 6. The summed E-state index contributed by atoms with van der Waals surface area (Å²) in [5, 5.41) is 9.39. The highest BCUT2D eigenvalue weighted by Gasteiger charge is 2.37. The first-order chi connectivity index (χ1) is 16.8. The normalized spacial score (nSPS) is 12.5. The van der Waals surface area contributed by atoms with Gasteiger partial charge in [0.2, 0.25) is 0 Å². The van der Waals surface area contributed by atoms with Crippen LogP contribution in [0.3, 0.4) is 0 Å². The maximum atomic E-state index is 13.3. The molecule has 0 atom stereocenters. The summed E-state index contributed by atoms with van der Waals surface area (Å²) in [7, 11) is -4.50. The quantitative estimate of drug-likeness (QED) is 0.188. The van der Waals surface area contributed by atoms with Crippen LogP contribution in [0.1, 0.15) is 31.9 Å². The number of carbonyl (C=O) groups is 2. The van der Waals surface area contributed by atoms with Crippen LogP contribution in [0.4, 0.5) is 32.0 Å². The number of alkyl halides is 6. The first-order valence-electron chi connectivity index (χ1n) is 9.82. The van der Waals surface area contributed by atoms with E-state index in [4.69, 9.17) is 16.7 Å². The largest absolute Gasteiger partial charge is 0.475 e. The van der Waals surface area contributed by atoms with E-state index in [1.807, 2.05) is 4.72 Å². The van der Waals surface area contributed by atoms with Crippen molar-refractivity contribution in [2.45, 2.75) is 31.1 Å². The summed E-state index contributed by atoms with van der Waals surface area (Å²) in [5.41, 5.74) is -4.04. The van der Waals surface area contributed by atoms with Gasteiger partial charge < -0.3 is 5.11 Å². The van der Waals surface area contributed by atoms with Gasteiger partial charge in [-0.25, -0.2) is 13.2 Å². The molecule has 0 spiro atoms. The minimum Gasteiger partial charge on any atom is -0.475 e. The molecular weight excluding hydrogens is 572 g/mol. The Kier molecular flexibility index (Phi) is 7.43. The number of ketones is 1. The van der Waals surface area contributed by atoms with Gasteiger partial charge in [-0.15, -0.1) is 11.3 Å². The number of carboxylic acids is 1. The van der Waals surface area contributed by atoms with Crippen LogP contribution < -0.4 is 4.72 Å². The van der Waals surface area contributed by atoms with Crippen LogP contribution in [-0.4, -0.2) is 25.3 Å². The van der Waals surface area contributed by atoms with Crippen LogP contribution in [0.2, 0.25) is 5.02 Å². The minimum atomic E-state index is -5.17. The number of hydrogen-bond donors (Lipinski definition) is 2. The van der Waals surface area contributed by atoms with Crippen molar-refractivity contribution in [3.8, 4) is 10.4 Å². The van der Waals surface area contributed by atoms with E-state index in [9.17, 15) is 44.3 Å². The first kappa shape index (κ1) is 28.5. The molecule has 1 heterocycles. The number of aliphatic carboxylic acids is 1. The molecule has 0 unspecified atom stereocenters. The van der Waals surface area contributed by atoms with Crippen molar-refractivity contribution in [1.82, 2.24) is 0 Å². The molecule has 0 aliphatic heterocycles. The fourth-order valence-electron chi connectivity index (χ4n) is 3.22. The van der Waals surface area contributed by atoms with E-state index >= 15 is 0 Å². The highest BCUT2D eigenvalue weighted by molar-refractivity contribution is 7.92. The lowest BCUT2D eigenvalue weighted by Crippen LogP contribution is -2.18. The van der Waals surface area contributed by atoms with E-state index in [0.717, 1.165) is 6.07 Å². The molecule has 0 fully saturated rings. The SMILES string of the molecule is Cc1cc(S(=O)(=O)Nc2cc(-c3cc(C(F)(F)F)cc(C(F)(F)F)c3)sc2C(=O)C(=O)O)c(C)cc1Cl. The second-order valence-corrected chi connectivity index (χ2v) is 10.9. The molecule has 15 heteroatoms. The van der Waals surface area contributed by atoms with Gasteiger partial charge in [0.15, 0.2) is 0 Å². The first-order valence-corrected chi connectivity index (χ1v) is 12.5. The molecule has 198 valence electrons. The third kappa shape index (κ3) is 6.08. The smallest absolute Gasteiger partial charge is 0.416 e. The maximum Gasteiger partial charge on any atom is 0.416 e. The van der Waals surface area contributed by atoms with Crippen LogP contribution in [0.25, 0.3) is 10.4 Å². The zero-order valence-corrected chi connectivity index (χ0v) is 20.9. The molecule has 6 nitrogen and oxygen atoms in total. The monoisotopic (exact) mass is 585 g/mol. The zero-order chi connectivity index (χ0) is 28.1. The summed E-state index contributed by atoms with van der Waals surface area (Å²) in [6, 6.07) is 3.99. The number of thiophene rings is 1. The molecule has 0 amide bonds. The van der Waals surface area contributed by atoms with Gasteiger partial charge in [-0.1, -0.05) is 11.6 Å². The summed E-state index contributed by atoms with van der Waals surface area (Å²) < 4.78 is 108. The second kappa shape index (κ2) is 9.65. The molecule has 2 N–H and O–H groups in total. The van der Waals surface area contributed by atoms with E-state index in [2.05, 4.69) is 0 Å². The van der Waals surface area contributed by atoms with E-state index in [-0.39, 0.29) is 32.9 Å². The van der Waals surface area contributed by atoms with Gasteiger partial charge in [-0.2, -0.15) is 26.3 Å². The molecule has 0 aliphatic rings. The van der Waals surface area contributed by atoms with Crippen LogP contribution >= 0.6 is 22.9 Å². The molecule has 0 radical (unpaired) electrons. The minimum absolute atomic E-state index is 0.102. The van der Waals surface area contributed by atoms with Gasteiger partial charge in [-0.3, -0.25) is 9.52 Å². The number of carbonyl (C=O) groups excluding carboxylic acids is 1. The Morgan fingerprint density at radius 2 is 1.43 bits per heavy atom. The van der Waals surface area contributed by atoms with Gasteiger partial charge in [0.1, 0.15) is 4.88 Å². The summed E-state index contributed by atoms with van der Waals surface area (Å²) in [5.74, 6) is -3.65. The maximum absolute atomic E-state index is 13.3. The molecule has 3 rings (SSSR count). The predicted octanol–water partition coefficient (Wildman–Crippen LogP) is 6.79. The third-order valence-corrected chi connectivity index (χ3v) is 8.09. The molecule has 0 aliphatic carbocycles. The average Bonchev–Trinajstić information content (AvgIpc) is 3.16. The number of hydrogen-bond acceptors (Lipinski definition) is 5. The van der Waals surface area contributed by atoms with Crippen molar-refractivity contribution in [2.24, 2.45) is 0 Å². The van der Waals surface area contributed by atoms with E-state index in [1.54, 1.807) is 0 Å². The van der Waals surface area contributed by atoms with Crippen molar-refractivity contribution in [2.75, 3.05) is 4.72 Å². The molecule has 0 saturated carbocycles. The van der Waals surface area contributed by atoms with Gasteiger partial charge >= 0.3 is 18.3 Å². The lowest BCUT2D eigenvalue weighted by atomic mass is 10.0. The Morgan fingerprint density at radius 3 is 1.92 bits per heavy atom. The second-order valence-electron chi connectivity index (χ2n) is 7.75. The van der Waals surface area contributed by atoms with E-state index < -0.39 is 66.3 Å². The van der Waals surface area contributed by atoms with Crippen molar-refractivity contribution in [1.29, 1.82) is 0 Å². The number of carboxylic acid groups (broad SMARTS) is 1. The van der Waals surface area contributed by atoms with E-state index in [1.165, 1.54) is 26.0 Å². The Balaban J connectivity index is 2.22. The molecule has 1 aromatic heterocycles. The van der Waals surface area contributed by atoms with Crippen molar-refractivity contribution in [3.63, 3.8) is 0 Å². The van der Waals surface area contributed by atoms with Crippen LogP contribution in [0.5, 0.6) is 0 Å². The predicted molar refractivity (Wildman–Crippen MR) is 123 cm³/mol. The average molecular weight is 586 g/mol. The van der Waals surface area contributed by atoms with Gasteiger partial charge in [0.05, 0.1) is 21.7 Å². The van der Waals surface area contributed by atoms with Gasteiger partial charge in [-0.05, 0) is 66.9 Å². The molecule has 2 aromatic carbocycles. The Bertz CT molecular complexity index is 1500. The van der Waals surface area contributed by atoms with Crippen molar-refractivity contribution in [3.05, 3.63) is 68.6 Å². The summed E-state index contributed by atoms with van der Waals surface area (Å²) in [4.78, 5) is 22.1.